The average Bonchev–Trinajstić information content (AvgIpc) is 2.44. The van der Waals surface area contributed by atoms with E-state index in [1.165, 1.54) is 0 Å². The Kier molecular flexibility index (Phi) is 4.69. The van der Waals surface area contributed by atoms with Gasteiger partial charge in [-0.3, -0.25) is 0 Å². The highest BCUT2D eigenvalue weighted by Crippen LogP contribution is 2.28. The standard InChI is InChI=1S/C16H17F2NO/c1-2-13(19)9-11-5-3-4-6-15(11)20-16-10-12(17)7-8-14(16)18/h3-8,10,13H,2,9,19H2,1H3. The summed E-state index contributed by atoms with van der Waals surface area (Å²) in [5.41, 5.74) is 6.81. The molecule has 1 atom stereocenters. The van der Waals surface area contributed by atoms with Crippen LogP contribution in [0.4, 0.5) is 8.78 Å². The summed E-state index contributed by atoms with van der Waals surface area (Å²) in [6.07, 6.45) is 1.46. The molecule has 0 aliphatic rings. The molecular weight excluding hydrogens is 260 g/mol. The number of hydrogen-bond acceptors (Lipinski definition) is 2. The number of nitrogens with two attached hydrogens (primary N) is 1. The molecule has 4 heteroatoms. The Labute approximate surface area is 117 Å². The molecule has 0 bridgehead atoms. The highest BCUT2D eigenvalue weighted by molar-refractivity contribution is 5.38. The smallest absolute Gasteiger partial charge is 0.165 e. The lowest BCUT2D eigenvalue weighted by atomic mass is 10.0. The predicted octanol–water partition coefficient (Wildman–Crippen LogP) is 4.04. The largest absolute Gasteiger partial charge is 0.454 e. The normalized spacial score (nSPS) is 12.2. The molecule has 106 valence electrons. The Balaban J connectivity index is 2.27. The Morgan fingerprint density at radius 2 is 1.85 bits per heavy atom. The van der Waals surface area contributed by atoms with E-state index in [2.05, 4.69) is 0 Å². The van der Waals surface area contributed by atoms with Crippen molar-refractivity contribution in [3.63, 3.8) is 0 Å². The van der Waals surface area contributed by atoms with Crippen molar-refractivity contribution in [1.82, 2.24) is 0 Å². The van der Waals surface area contributed by atoms with Gasteiger partial charge in [-0.1, -0.05) is 25.1 Å². The first-order valence-electron chi connectivity index (χ1n) is 6.56. The summed E-state index contributed by atoms with van der Waals surface area (Å²) in [7, 11) is 0. The van der Waals surface area contributed by atoms with Crippen molar-refractivity contribution in [2.45, 2.75) is 25.8 Å². The number of ether oxygens (including phenoxy) is 1. The van der Waals surface area contributed by atoms with Gasteiger partial charge >= 0.3 is 0 Å². The van der Waals surface area contributed by atoms with Gasteiger partial charge in [0, 0.05) is 12.1 Å². The van der Waals surface area contributed by atoms with Gasteiger partial charge < -0.3 is 10.5 Å². The van der Waals surface area contributed by atoms with Crippen molar-refractivity contribution in [3.8, 4) is 11.5 Å². The molecule has 0 aliphatic heterocycles. The van der Waals surface area contributed by atoms with Crippen LogP contribution in [0.25, 0.3) is 0 Å². The van der Waals surface area contributed by atoms with Gasteiger partial charge in [-0.15, -0.1) is 0 Å². The van der Waals surface area contributed by atoms with Crippen molar-refractivity contribution in [2.75, 3.05) is 0 Å². The fraction of sp³-hybridized carbons (Fsp3) is 0.250. The van der Waals surface area contributed by atoms with Crippen molar-refractivity contribution >= 4 is 0 Å². The minimum Gasteiger partial charge on any atom is -0.454 e. The number of benzene rings is 2. The molecule has 2 aromatic carbocycles. The minimum atomic E-state index is -0.596. The summed E-state index contributed by atoms with van der Waals surface area (Å²) in [5, 5.41) is 0. The van der Waals surface area contributed by atoms with E-state index in [0.717, 1.165) is 30.2 Å². The van der Waals surface area contributed by atoms with E-state index in [4.69, 9.17) is 10.5 Å². The maximum atomic E-state index is 13.6. The van der Waals surface area contributed by atoms with Gasteiger partial charge in [-0.05, 0) is 36.6 Å². The molecule has 20 heavy (non-hydrogen) atoms. The second-order valence-electron chi connectivity index (χ2n) is 4.66. The minimum absolute atomic E-state index is 0.0112. The second kappa shape index (κ2) is 6.48. The van der Waals surface area contributed by atoms with Crippen LogP contribution in [0.1, 0.15) is 18.9 Å². The quantitative estimate of drug-likeness (QED) is 0.895. The summed E-state index contributed by atoms with van der Waals surface area (Å²) in [5.74, 6) is -0.756. The van der Waals surface area contributed by atoms with Crippen LogP contribution in [0.15, 0.2) is 42.5 Å². The average molecular weight is 277 g/mol. The van der Waals surface area contributed by atoms with Crippen LogP contribution >= 0.6 is 0 Å². The van der Waals surface area contributed by atoms with Gasteiger partial charge in [0.05, 0.1) is 0 Å². The zero-order valence-corrected chi connectivity index (χ0v) is 11.3. The summed E-state index contributed by atoms with van der Waals surface area (Å²) in [6.45, 7) is 2.00. The van der Waals surface area contributed by atoms with Crippen LogP contribution in [0, 0.1) is 11.6 Å². The second-order valence-corrected chi connectivity index (χ2v) is 4.66. The molecule has 0 saturated carbocycles. The SMILES string of the molecule is CCC(N)Cc1ccccc1Oc1cc(F)ccc1F. The molecule has 0 saturated heterocycles. The first kappa shape index (κ1) is 14.5. The van der Waals surface area contributed by atoms with E-state index in [-0.39, 0.29) is 11.8 Å². The number of hydrogen-bond donors (Lipinski definition) is 1. The third kappa shape index (κ3) is 3.54. The molecule has 1 unspecified atom stereocenters. The topological polar surface area (TPSA) is 35.2 Å². The number of para-hydroxylation sites is 1. The molecule has 0 aromatic heterocycles. The van der Waals surface area contributed by atoms with Crippen LogP contribution in [-0.4, -0.2) is 6.04 Å². The molecule has 2 nitrogen and oxygen atoms in total. The first-order valence-corrected chi connectivity index (χ1v) is 6.56. The summed E-state index contributed by atoms with van der Waals surface area (Å²) >= 11 is 0. The summed E-state index contributed by atoms with van der Waals surface area (Å²) in [4.78, 5) is 0. The molecule has 2 rings (SSSR count). The van der Waals surface area contributed by atoms with Crippen LogP contribution in [0.2, 0.25) is 0 Å². The highest BCUT2D eigenvalue weighted by Gasteiger charge is 2.11. The third-order valence-electron chi connectivity index (χ3n) is 3.09. The molecule has 0 radical (unpaired) electrons. The fourth-order valence-electron chi connectivity index (χ4n) is 1.87. The fourth-order valence-corrected chi connectivity index (χ4v) is 1.87. The van der Waals surface area contributed by atoms with E-state index in [9.17, 15) is 8.78 Å². The van der Waals surface area contributed by atoms with Crippen LogP contribution in [0.3, 0.4) is 0 Å². The lowest BCUT2D eigenvalue weighted by Crippen LogP contribution is -2.21. The third-order valence-corrected chi connectivity index (χ3v) is 3.09. The van der Waals surface area contributed by atoms with Crippen molar-refractivity contribution in [2.24, 2.45) is 5.73 Å². The highest BCUT2D eigenvalue weighted by atomic mass is 19.1. The molecule has 2 N–H and O–H groups in total. The molecule has 0 spiro atoms. The zero-order chi connectivity index (χ0) is 14.5. The molecular formula is C16H17F2NO. The van der Waals surface area contributed by atoms with Crippen LogP contribution in [-0.2, 0) is 6.42 Å². The van der Waals surface area contributed by atoms with E-state index in [1.807, 2.05) is 19.1 Å². The van der Waals surface area contributed by atoms with Gasteiger partial charge in [0.15, 0.2) is 11.6 Å². The Morgan fingerprint density at radius 1 is 1.10 bits per heavy atom. The van der Waals surface area contributed by atoms with Gasteiger partial charge in [-0.2, -0.15) is 0 Å². The summed E-state index contributed by atoms with van der Waals surface area (Å²) < 4.78 is 32.2. The number of rotatable bonds is 5. The maximum absolute atomic E-state index is 13.6. The lowest BCUT2D eigenvalue weighted by Gasteiger charge is -2.14. The monoisotopic (exact) mass is 277 g/mol. The zero-order valence-electron chi connectivity index (χ0n) is 11.3. The van der Waals surface area contributed by atoms with E-state index < -0.39 is 11.6 Å². The van der Waals surface area contributed by atoms with E-state index in [1.54, 1.807) is 12.1 Å². The van der Waals surface area contributed by atoms with Crippen molar-refractivity contribution in [3.05, 3.63) is 59.7 Å². The Bertz CT molecular complexity index is 586. The number of halogens is 2. The van der Waals surface area contributed by atoms with Crippen LogP contribution in [0.5, 0.6) is 11.5 Å². The molecule has 0 amide bonds. The van der Waals surface area contributed by atoms with E-state index >= 15 is 0 Å². The van der Waals surface area contributed by atoms with Gasteiger partial charge in [0.2, 0.25) is 0 Å². The predicted molar refractivity (Wildman–Crippen MR) is 74.8 cm³/mol. The van der Waals surface area contributed by atoms with E-state index in [0.29, 0.717) is 12.2 Å². The van der Waals surface area contributed by atoms with Crippen LogP contribution < -0.4 is 10.5 Å². The first-order chi connectivity index (χ1) is 9.60. The van der Waals surface area contributed by atoms with Crippen molar-refractivity contribution in [1.29, 1.82) is 0 Å². The van der Waals surface area contributed by atoms with Crippen molar-refractivity contribution < 1.29 is 13.5 Å². The maximum Gasteiger partial charge on any atom is 0.165 e. The van der Waals surface area contributed by atoms with Gasteiger partial charge in [-0.25, -0.2) is 8.78 Å². The molecule has 0 aliphatic carbocycles. The Hall–Kier alpha value is -1.94. The molecule has 0 heterocycles. The summed E-state index contributed by atoms with van der Waals surface area (Å²) in [6, 6.07) is 10.4. The van der Waals surface area contributed by atoms with Gasteiger partial charge in [0.25, 0.3) is 0 Å². The van der Waals surface area contributed by atoms with Gasteiger partial charge in [0.1, 0.15) is 11.6 Å². The molecule has 0 fully saturated rings. The lowest BCUT2D eigenvalue weighted by molar-refractivity contribution is 0.430. The Morgan fingerprint density at radius 3 is 2.60 bits per heavy atom. The molecule has 2 aromatic rings.